The van der Waals surface area contributed by atoms with Crippen LogP contribution >= 0.6 is 0 Å². The van der Waals surface area contributed by atoms with Crippen molar-refractivity contribution in [2.45, 2.75) is 25.7 Å². The number of hydrogen-bond donors (Lipinski definition) is 1. The summed E-state index contributed by atoms with van der Waals surface area (Å²) in [5.74, 6) is -1.05. The van der Waals surface area contributed by atoms with Crippen LogP contribution in [0.25, 0.3) is 11.4 Å². The molecule has 0 spiro atoms. The molecule has 1 aromatic heterocycles. The highest BCUT2D eigenvalue weighted by atomic mass is 19.2. The molecule has 2 aromatic rings. The third-order valence-corrected chi connectivity index (χ3v) is 2.74. The summed E-state index contributed by atoms with van der Waals surface area (Å²) in [6, 6.07) is 3.52. The highest BCUT2D eigenvalue weighted by Gasteiger charge is 2.11. The van der Waals surface area contributed by atoms with E-state index in [2.05, 4.69) is 10.1 Å². The first-order chi connectivity index (χ1) is 9.20. The Morgan fingerprint density at radius 3 is 2.68 bits per heavy atom. The van der Waals surface area contributed by atoms with Gasteiger partial charge in [-0.25, -0.2) is 8.78 Å². The zero-order chi connectivity index (χ0) is 13.7. The van der Waals surface area contributed by atoms with Gasteiger partial charge in [-0.05, 0) is 37.6 Å². The van der Waals surface area contributed by atoms with Gasteiger partial charge in [0.2, 0.25) is 11.7 Å². The molecule has 1 heterocycles. The van der Waals surface area contributed by atoms with E-state index in [1.807, 2.05) is 0 Å². The predicted octanol–water partition coefficient (Wildman–Crippen LogP) is 2.69. The van der Waals surface area contributed by atoms with Crippen LogP contribution in [-0.2, 0) is 6.42 Å². The smallest absolute Gasteiger partial charge is 0.226 e. The molecular weight excluding hydrogens is 252 g/mol. The quantitative estimate of drug-likeness (QED) is 0.817. The average molecular weight is 267 g/mol. The number of aryl methyl sites for hydroxylation is 1. The Morgan fingerprint density at radius 1 is 1.11 bits per heavy atom. The summed E-state index contributed by atoms with van der Waals surface area (Å²) >= 11 is 0. The van der Waals surface area contributed by atoms with Gasteiger partial charge in [0, 0.05) is 12.0 Å². The number of benzene rings is 1. The first-order valence-electron chi connectivity index (χ1n) is 6.19. The van der Waals surface area contributed by atoms with E-state index in [1.165, 1.54) is 6.07 Å². The second-order valence-corrected chi connectivity index (χ2v) is 4.24. The predicted molar refractivity (Wildman–Crippen MR) is 66.3 cm³/mol. The molecule has 0 bridgehead atoms. The molecular formula is C13H15F2N3O. The second kappa shape index (κ2) is 6.38. The van der Waals surface area contributed by atoms with E-state index in [9.17, 15) is 8.78 Å². The topological polar surface area (TPSA) is 64.9 Å². The molecule has 0 aliphatic carbocycles. The van der Waals surface area contributed by atoms with Gasteiger partial charge in [0.05, 0.1) is 0 Å². The average Bonchev–Trinajstić information content (AvgIpc) is 2.87. The largest absolute Gasteiger partial charge is 0.339 e. The van der Waals surface area contributed by atoms with Gasteiger partial charge in [-0.15, -0.1) is 0 Å². The lowest BCUT2D eigenvalue weighted by atomic mass is 10.2. The third-order valence-electron chi connectivity index (χ3n) is 2.74. The van der Waals surface area contributed by atoms with Crippen LogP contribution in [0.15, 0.2) is 22.7 Å². The van der Waals surface area contributed by atoms with E-state index in [0.29, 0.717) is 24.4 Å². The van der Waals surface area contributed by atoms with Crippen molar-refractivity contribution in [3.05, 3.63) is 35.7 Å². The zero-order valence-corrected chi connectivity index (χ0v) is 10.4. The molecule has 2 N–H and O–H groups in total. The number of rotatable bonds is 6. The van der Waals surface area contributed by atoms with Gasteiger partial charge >= 0.3 is 0 Å². The van der Waals surface area contributed by atoms with Crippen molar-refractivity contribution in [1.82, 2.24) is 10.1 Å². The molecule has 19 heavy (non-hydrogen) atoms. The summed E-state index contributed by atoms with van der Waals surface area (Å²) in [6.07, 6.45) is 3.54. The molecule has 0 unspecified atom stereocenters. The van der Waals surface area contributed by atoms with Crippen LogP contribution in [-0.4, -0.2) is 16.7 Å². The molecule has 0 aliphatic heterocycles. The minimum atomic E-state index is -0.924. The normalized spacial score (nSPS) is 10.9. The van der Waals surface area contributed by atoms with Gasteiger partial charge in [0.25, 0.3) is 0 Å². The zero-order valence-electron chi connectivity index (χ0n) is 10.4. The Bertz CT molecular complexity index is 542. The molecule has 0 amide bonds. The molecule has 4 nitrogen and oxygen atoms in total. The Labute approximate surface area is 109 Å². The molecule has 0 aliphatic rings. The summed E-state index contributed by atoms with van der Waals surface area (Å²) in [7, 11) is 0. The Balaban J connectivity index is 2.01. The van der Waals surface area contributed by atoms with Crippen molar-refractivity contribution in [3.63, 3.8) is 0 Å². The van der Waals surface area contributed by atoms with E-state index in [1.54, 1.807) is 0 Å². The molecule has 0 saturated carbocycles. The number of unbranched alkanes of at least 4 members (excludes halogenated alkanes) is 2. The molecule has 0 fully saturated rings. The fraction of sp³-hybridized carbons (Fsp3) is 0.385. The SMILES string of the molecule is NCCCCCc1nc(-c2ccc(F)c(F)c2)no1. The maximum atomic E-state index is 13.1. The summed E-state index contributed by atoms with van der Waals surface area (Å²) in [5.41, 5.74) is 5.80. The van der Waals surface area contributed by atoms with E-state index < -0.39 is 11.6 Å². The molecule has 0 radical (unpaired) electrons. The van der Waals surface area contributed by atoms with Crippen LogP contribution in [0.1, 0.15) is 25.2 Å². The van der Waals surface area contributed by atoms with Crippen LogP contribution in [0, 0.1) is 11.6 Å². The maximum Gasteiger partial charge on any atom is 0.226 e. The first kappa shape index (κ1) is 13.6. The summed E-state index contributed by atoms with van der Waals surface area (Å²) in [4.78, 5) is 4.15. The summed E-state index contributed by atoms with van der Waals surface area (Å²) in [5, 5.41) is 3.76. The van der Waals surface area contributed by atoms with Crippen molar-refractivity contribution in [3.8, 4) is 11.4 Å². The van der Waals surface area contributed by atoms with E-state index >= 15 is 0 Å². The van der Waals surface area contributed by atoms with Crippen molar-refractivity contribution in [2.75, 3.05) is 6.54 Å². The van der Waals surface area contributed by atoms with Crippen LogP contribution in [0.3, 0.4) is 0 Å². The molecule has 1 aromatic carbocycles. The number of hydrogen-bond acceptors (Lipinski definition) is 4. The van der Waals surface area contributed by atoms with Crippen LogP contribution in [0.4, 0.5) is 8.78 Å². The lowest BCUT2D eigenvalue weighted by molar-refractivity contribution is 0.374. The lowest BCUT2D eigenvalue weighted by Gasteiger charge is -1.96. The van der Waals surface area contributed by atoms with Gasteiger partial charge < -0.3 is 10.3 Å². The number of aromatic nitrogens is 2. The van der Waals surface area contributed by atoms with Crippen LogP contribution in [0.2, 0.25) is 0 Å². The van der Waals surface area contributed by atoms with Crippen molar-refractivity contribution in [2.24, 2.45) is 5.73 Å². The molecule has 0 saturated heterocycles. The molecule has 102 valence electrons. The third kappa shape index (κ3) is 3.57. The van der Waals surface area contributed by atoms with E-state index in [4.69, 9.17) is 10.3 Å². The highest BCUT2D eigenvalue weighted by molar-refractivity contribution is 5.54. The van der Waals surface area contributed by atoms with Gasteiger partial charge in [0.15, 0.2) is 11.6 Å². The molecule has 2 rings (SSSR count). The molecule has 6 heteroatoms. The summed E-state index contributed by atoms with van der Waals surface area (Å²) < 4.78 is 31.0. The van der Waals surface area contributed by atoms with Crippen LogP contribution < -0.4 is 5.73 Å². The number of nitrogens with zero attached hydrogens (tertiary/aromatic N) is 2. The molecule has 0 atom stereocenters. The van der Waals surface area contributed by atoms with Crippen molar-refractivity contribution in [1.29, 1.82) is 0 Å². The second-order valence-electron chi connectivity index (χ2n) is 4.24. The van der Waals surface area contributed by atoms with E-state index in [0.717, 1.165) is 31.4 Å². The Hall–Kier alpha value is -1.82. The first-order valence-corrected chi connectivity index (χ1v) is 6.19. The minimum Gasteiger partial charge on any atom is -0.339 e. The van der Waals surface area contributed by atoms with Gasteiger partial charge in [-0.1, -0.05) is 11.6 Å². The maximum absolute atomic E-state index is 13.1. The van der Waals surface area contributed by atoms with Gasteiger partial charge in [-0.2, -0.15) is 4.98 Å². The minimum absolute atomic E-state index is 0.271. The number of halogens is 2. The number of nitrogens with two attached hydrogens (primary N) is 1. The van der Waals surface area contributed by atoms with Crippen molar-refractivity contribution >= 4 is 0 Å². The lowest BCUT2D eigenvalue weighted by Crippen LogP contribution is -1.98. The fourth-order valence-corrected chi connectivity index (χ4v) is 1.71. The Kier molecular flexibility index (Phi) is 4.57. The van der Waals surface area contributed by atoms with Gasteiger partial charge in [-0.3, -0.25) is 0 Å². The van der Waals surface area contributed by atoms with Gasteiger partial charge in [0.1, 0.15) is 0 Å². The van der Waals surface area contributed by atoms with Crippen LogP contribution in [0.5, 0.6) is 0 Å². The standard InChI is InChI=1S/C13H15F2N3O/c14-10-6-5-9(8-11(10)15)13-17-12(19-18-13)4-2-1-3-7-16/h5-6,8H,1-4,7,16H2. The van der Waals surface area contributed by atoms with E-state index in [-0.39, 0.29) is 5.82 Å². The Morgan fingerprint density at radius 2 is 1.95 bits per heavy atom. The monoisotopic (exact) mass is 267 g/mol. The van der Waals surface area contributed by atoms with Crippen molar-refractivity contribution < 1.29 is 13.3 Å². The summed E-state index contributed by atoms with van der Waals surface area (Å²) in [6.45, 7) is 0.671. The fourth-order valence-electron chi connectivity index (χ4n) is 1.71. The highest BCUT2D eigenvalue weighted by Crippen LogP contribution is 2.19.